The van der Waals surface area contributed by atoms with Crippen molar-refractivity contribution in [1.29, 1.82) is 0 Å². The summed E-state index contributed by atoms with van der Waals surface area (Å²) in [6.07, 6.45) is 6.75. The summed E-state index contributed by atoms with van der Waals surface area (Å²) in [5, 5.41) is 4.37. The van der Waals surface area contributed by atoms with Gasteiger partial charge in [-0.2, -0.15) is 11.3 Å². The predicted octanol–water partition coefficient (Wildman–Crippen LogP) is 8.11. The fraction of sp³-hybridized carbons (Fsp3) is 0.345. The summed E-state index contributed by atoms with van der Waals surface area (Å²) in [6, 6.07) is 14.6. The molecule has 1 heterocycles. The lowest BCUT2D eigenvalue weighted by molar-refractivity contribution is 0.0526. The number of esters is 1. The Labute approximate surface area is 196 Å². The van der Waals surface area contributed by atoms with Gasteiger partial charge >= 0.3 is 5.97 Å². The van der Waals surface area contributed by atoms with Gasteiger partial charge in [0.05, 0.1) is 12.2 Å². The van der Waals surface area contributed by atoms with E-state index < -0.39 is 0 Å². The highest BCUT2D eigenvalue weighted by molar-refractivity contribution is 7.08. The van der Waals surface area contributed by atoms with Crippen molar-refractivity contribution < 1.29 is 9.53 Å². The van der Waals surface area contributed by atoms with Gasteiger partial charge in [-0.15, -0.1) is 0 Å². The normalized spacial score (nSPS) is 16.7. The Bertz CT molecular complexity index is 1130. The lowest BCUT2D eigenvalue weighted by Gasteiger charge is -2.42. The number of hydrogen-bond donors (Lipinski definition) is 0. The zero-order chi connectivity index (χ0) is 22.9. The zero-order valence-electron chi connectivity index (χ0n) is 19.7. The number of rotatable bonds is 5. The van der Waals surface area contributed by atoms with Crippen LogP contribution >= 0.6 is 11.3 Å². The second-order valence-corrected chi connectivity index (χ2v) is 10.7. The topological polar surface area (TPSA) is 26.3 Å². The largest absolute Gasteiger partial charge is 0.462 e. The van der Waals surface area contributed by atoms with E-state index in [-0.39, 0.29) is 16.8 Å². The van der Waals surface area contributed by atoms with Crippen molar-refractivity contribution in [3.63, 3.8) is 0 Å². The Hall–Kier alpha value is -2.65. The smallest absolute Gasteiger partial charge is 0.338 e. The second kappa shape index (κ2) is 8.71. The molecule has 2 nitrogen and oxygen atoms in total. The third-order valence-electron chi connectivity index (χ3n) is 6.73. The van der Waals surface area contributed by atoms with Crippen LogP contribution in [-0.4, -0.2) is 12.6 Å². The van der Waals surface area contributed by atoms with Gasteiger partial charge in [0.2, 0.25) is 0 Å². The van der Waals surface area contributed by atoms with Crippen molar-refractivity contribution >= 4 is 29.5 Å². The molecule has 1 aliphatic rings. The van der Waals surface area contributed by atoms with Gasteiger partial charge in [-0.05, 0) is 99.0 Å². The van der Waals surface area contributed by atoms with E-state index in [9.17, 15) is 4.79 Å². The Morgan fingerprint density at radius 2 is 1.62 bits per heavy atom. The second-order valence-electron chi connectivity index (χ2n) is 9.94. The summed E-state index contributed by atoms with van der Waals surface area (Å²) in [5.74, 6) is -0.276. The Morgan fingerprint density at radius 3 is 2.22 bits per heavy atom. The van der Waals surface area contributed by atoms with Crippen LogP contribution in [0.15, 0.2) is 53.2 Å². The van der Waals surface area contributed by atoms with Crippen molar-refractivity contribution in [2.24, 2.45) is 0 Å². The fourth-order valence-electron chi connectivity index (χ4n) is 4.57. The van der Waals surface area contributed by atoms with E-state index in [1.807, 2.05) is 31.2 Å². The quantitative estimate of drug-likeness (QED) is 0.293. The third kappa shape index (κ3) is 4.45. The Morgan fingerprint density at radius 1 is 0.969 bits per heavy atom. The first-order valence-electron chi connectivity index (χ1n) is 11.4. The van der Waals surface area contributed by atoms with Crippen LogP contribution in [0.25, 0.3) is 23.3 Å². The molecule has 2 aromatic carbocycles. The maximum Gasteiger partial charge on any atom is 0.338 e. The van der Waals surface area contributed by atoms with Gasteiger partial charge in [0.15, 0.2) is 0 Å². The molecular weight excluding hydrogens is 412 g/mol. The highest BCUT2D eigenvalue weighted by atomic mass is 32.1. The van der Waals surface area contributed by atoms with Gasteiger partial charge in [-0.25, -0.2) is 4.79 Å². The maximum absolute atomic E-state index is 11.9. The van der Waals surface area contributed by atoms with E-state index >= 15 is 0 Å². The predicted molar refractivity (Wildman–Crippen MR) is 136 cm³/mol. The monoisotopic (exact) mass is 444 g/mol. The first-order valence-corrected chi connectivity index (χ1v) is 12.3. The average molecular weight is 445 g/mol. The third-order valence-corrected chi connectivity index (χ3v) is 7.42. The van der Waals surface area contributed by atoms with Crippen LogP contribution in [0.2, 0.25) is 0 Å². The minimum Gasteiger partial charge on any atom is -0.462 e. The summed E-state index contributed by atoms with van der Waals surface area (Å²) in [7, 11) is 0. The minimum absolute atomic E-state index is 0.169. The van der Waals surface area contributed by atoms with Crippen molar-refractivity contribution in [3.05, 3.63) is 81.0 Å². The van der Waals surface area contributed by atoms with Gasteiger partial charge in [0.25, 0.3) is 0 Å². The molecule has 3 heteroatoms. The molecule has 0 unspecified atom stereocenters. The Balaban J connectivity index is 1.76. The molecule has 0 saturated carbocycles. The molecule has 0 fully saturated rings. The van der Waals surface area contributed by atoms with E-state index in [2.05, 4.69) is 68.8 Å². The summed E-state index contributed by atoms with van der Waals surface area (Å²) < 4.78 is 5.09. The number of hydrogen-bond acceptors (Lipinski definition) is 3. The zero-order valence-corrected chi connectivity index (χ0v) is 20.5. The fourth-order valence-corrected chi connectivity index (χ4v) is 5.22. The molecule has 0 saturated heterocycles. The van der Waals surface area contributed by atoms with Gasteiger partial charge in [0, 0.05) is 0 Å². The van der Waals surface area contributed by atoms with E-state index in [0.29, 0.717) is 12.2 Å². The molecule has 1 aliphatic carbocycles. The van der Waals surface area contributed by atoms with Gasteiger partial charge in [0.1, 0.15) is 0 Å². The summed E-state index contributed by atoms with van der Waals surface area (Å²) in [5.41, 5.74) is 8.73. The van der Waals surface area contributed by atoms with Gasteiger partial charge < -0.3 is 4.74 Å². The molecule has 0 amide bonds. The molecule has 0 N–H and O–H groups in total. The molecule has 0 atom stereocenters. The number of carbonyl (C=O) groups is 1. The molecule has 0 aliphatic heterocycles. The molecule has 3 aromatic rings. The molecule has 0 spiro atoms. The SMILES string of the molecule is CCOC(=O)c1ccc(C=Cc2cc3c(cc2-c2ccsc2)C(C)(C)CCC3(C)C)cc1. The van der Waals surface area contributed by atoms with Gasteiger partial charge in [-0.1, -0.05) is 58.0 Å². The van der Waals surface area contributed by atoms with Crippen molar-refractivity contribution in [2.45, 2.75) is 58.3 Å². The highest BCUT2D eigenvalue weighted by Gasteiger charge is 2.37. The highest BCUT2D eigenvalue weighted by Crippen LogP contribution is 2.48. The molecule has 32 heavy (non-hydrogen) atoms. The van der Waals surface area contributed by atoms with Crippen LogP contribution in [0.5, 0.6) is 0 Å². The van der Waals surface area contributed by atoms with Crippen molar-refractivity contribution in [1.82, 2.24) is 0 Å². The van der Waals surface area contributed by atoms with Crippen LogP contribution in [0.4, 0.5) is 0 Å². The number of fused-ring (bicyclic) bond motifs is 1. The molecule has 0 radical (unpaired) electrons. The maximum atomic E-state index is 11.9. The first-order chi connectivity index (χ1) is 15.2. The average Bonchev–Trinajstić information content (AvgIpc) is 3.30. The van der Waals surface area contributed by atoms with E-state index in [4.69, 9.17) is 4.74 Å². The summed E-state index contributed by atoms with van der Waals surface area (Å²) in [4.78, 5) is 11.9. The standard InChI is InChI=1S/C29H32O2S/c1-6-31-27(30)21-10-7-20(8-11-21)9-12-22-17-25-26(18-24(22)23-13-16-32-19-23)29(4,5)15-14-28(25,2)3/h7-13,16-19H,6,14-15H2,1-5H3. The van der Waals surface area contributed by atoms with Gasteiger partial charge in [-0.3, -0.25) is 0 Å². The first kappa shape index (κ1) is 22.5. The molecule has 1 aromatic heterocycles. The van der Waals surface area contributed by atoms with E-state index in [1.165, 1.54) is 40.7 Å². The van der Waals surface area contributed by atoms with Crippen molar-refractivity contribution in [2.75, 3.05) is 6.61 Å². The van der Waals surface area contributed by atoms with E-state index in [0.717, 1.165) is 5.56 Å². The van der Waals surface area contributed by atoms with Crippen LogP contribution in [0, 0.1) is 0 Å². The Kier molecular flexibility index (Phi) is 6.13. The summed E-state index contributed by atoms with van der Waals surface area (Å²) in [6.45, 7) is 11.7. The van der Waals surface area contributed by atoms with E-state index in [1.54, 1.807) is 11.3 Å². The number of benzene rings is 2. The molecule has 4 rings (SSSR count). The van der Waals surface area contributed by atoms with Crippen molar-refractivity contribution in [3.8, 4) is 11.1 Å². The molecular formula is C29H32O2S. The number of thiophene rings is 1. The lowest BCUT2D eigenvalue weighted by Crippen LogP contribution is -2.34. The summed E-state index contributed by atoms with van der Waals surface area (Å²) >= 11 is 1.74. The molecule has 166 valence electrons. The number of ether oxygens (including phenoxy) is 1. The van der Waals surface area contributed by atoms with Crippen LogP contribution in [0.3, 0.4) is 0 Å². The van der Waals surface area contributed by atoms with Crippen LogP contribution in [-0.2, 0) is 15.6 Å². The van der Waals surface area contributed by atoms with Crippen LogP contribution in [0.1, 0.15) is 80.1 Å². The lowest BCUT2D eigenvalue weighted by atomic mass is 9.62. The van der Waals surface area contributed by atoms with Crippen LogP contribution < -0.4 is 0 Å². The molecule has 0 bridgehead atoms. The minimum atomic E-state index is -0.276. The number of carbonyl (C=O) groups excluding carboxylic acids is 1.